The number of rotatable bonds is 7. The Kier molecular flexibility index (Phi) is 7.94. The molecule has 0 saturated carbocycles. The Labute approximate surface area is 157 Å². The van der Waals surface area contributed by atoms with E-state index in [2.05, 4.69) is 25.2 Å². The Hall–Kier alpha value is -2.05. The van der Waals surface area contributed by atoms with Crippen molar-refractivity contribution in [1.29, 1.82) is 0 Å². The third-order valence-corrected chi connectivity index (χ3v) is 4.91. The maximum absolute atomic E-state index is 12.1. The summed E-state index contributed by atoms with van der Waals surface area (Å²) in [6, 6.07) is 0.381. The van der Waals surface area contributed by atoms with Crippen LogP contribution >= 0.6 is 0 Å². The third-order valence-electron chi connectivity index (χ3n) is 4.91. The number of amides is 1. The van der Waals surface area contributed by atoms with Gasteiger partial charge in [0.2, 0.25) is 5.91 Å². The van der Waals surface area contributed by atoms with Crippen LogP contribution in [0, 0.1) is 12.8 Å². The Morgan fingerprint density at radius 1 is 1.35 bits per heavy atom. The van der Waals surface area contributed by atoms with Crippen LogP contribution in [0.2, 0.25) is 0 Å². The molecule has 0 bridgehead atoms. The minimum absolute atomic E-state index is 0.0834. The molecular formula is C19H34N6O. The lowest BCUT2D eigenvalue weighted by Crippen LogP contribution is -2.50. The number of piperidine rings is 1. The van der Waals surface area contributed by atoms with E-state index >= 15 is 0 Å². The Morgan fingerprint density at radius 3 is 2.65 bits per heavy atom. The van der Waals surface area contributed by atoms with E-state index in [1.54, 1.807) is 0 Å². The van der Waals surface area contributed by atoms with Crippen molar-refractivity contribution in [2.24, 2.45) is 10.9 Å². The highest BCUT2D eigenvalue weighted by atomic mass is 16.2. The molecule has 1 saturated heterocycles. The normalized spacial score (nSPS) is 16.2. The zero-order valence-corrected chi connectivity index (χ0v) is 16.7. The van der Waals surface area contributed by atoms with Gasteiger partial charge >= 0.3 is 0 Å². The Balaban J connectivity index is 1.62. The number of nitrogens with zero attached hydrogens (tertiary/aromatic N) is 4. The highest BCUT2D eigenvalue weighted by Crippen LogP contribution is 2.13. The number of unbranched alkanes of at least 4 members (excludes halogenated alkanes) is 1. The van der Waals surface area contributed by atoms with E-state index in [4.69, 9.17) is 0 Å². The second-order valence-electron chi connectivity index (χ2n) is 7.27. The van der Waals surface area contributed by atoms with Crippen LogP contribution in [-0.4, -0.2) is 59.0 Å². The molecule has 7 heteroatoms. The Bertz CT molecular complexity index is 587. The van der Waals surface area contributed by atoms with Gasteiger partial charge < -0.3 is 20.1 Å². The summed E-state index contributed by atoms with van der Waals surface area (Å²) in [5.74, 6) is 2.27. The fourth-order valence-corrected chi connectivity index (χ4v) is 3.25. The number of guanidine groups is 1. The van der Waals surface area contributed by atoms with Gasteiger partial charge in [0.15, 0.2) is 5.96 Å². The maximum Gasteiger partial charge on any atom is 0.225 e. The molecule has 1 aromatic heterocycles. The number of hydrogen-bond acceptors (Lipinski definition) is 3. The fourth-order valence-electron chi connectivity index (χ4n) is 3.25. The SMILES string of the molecule is CN=C(NCCCCn1ccnc1C)NC1CCN(C(=O)C(C)C)CC1. The predicted octanol–water partition coefficient (Wildman–Crippen LogP) is 1.78. The zero-order chi connectivity index (χ0) is 18.9. The van der Waals surface area contributed by atoms with Crippen molar-refractivity contribution in [2.45, 2.75) is 59.0 Å². The summed E-state index contributed by atoms with van der Waals surface area (Å²) >= 11 is 0. The van der Waals surface area contributed by atoms with Gasteiger partial charge in [-0.25, -0.2) is 4.98 Å². The first-order valence-corrected chi connectivity index (χ1v) is 9.75. The highest BCUT2D eigenvalue weighted by Gasteiger charge is 2.24. The molecule has 1 aliphatic rings. The van der Waals surface area contributed by atoms with Crippen molar-refractivity contribution in [3.63, 3.8) is 0 Å². The molecule has 1 amide bonds. The van der Waals surface area contributed by atoms with Crippen molar-refractivity contribution < 1.29 is 4.79 Å². The molecular weight excluding hydrogens is 328 g/mol. The minimum atomic E-state index is 0.0834. The summed E-state index contributed by atoms with van der Waals surface area (Å²) in [5, 5.41) is 6.89. The number of aromatic nitrogens is 2. The van der Waals surface area contributed by atoms with Crippen LogP contribution < -0.4 is 10.6 Å². The lowest BCUT2D eigenvalue weighted by molar-refractivity contribution is -0.135. The molecule has 0 unspecified atom stereocenters. The van der Waals surface area contributed by atoms with E-state index in [0.29, 0.717) is 6.04 Å². The zero-order valence-electron chi connectivity index (χ0n) is 16.7. The largest absolute Gasteiger partial charge is 0.356 e. The number of hydrogen-bond donors (Lipinski definition) is 2. The summed E-state index contributed by atoms with van der Waals surface area (Å²) in [6.45, 7) is 9.52. The van der Waals surface area contributed by atoms with Gasteiger partial charge in [-0.1, -0.05) is 13.8 Å². The average Bonchev–Trinajstić information content (AvgIpc) is 3.05. The lowest BCUT2D eigenvalue weighted by Gasteiger charge is -2.34. The Morgan fingerprint density at radius 2 is 2.08 bits per heavy atom. The molecule has 2 heterocycles. The van der Waals surface area contributed by atoms with Crippen LogP contribution in [-0.2, 0) is 11.3 Å². The first-order chi connectivity index (χ1) is 12.5. The van der Waals surface area contributed by atoms with E-state index < -0.39 is 0 Å². The summed E-state index contributed by atoms with van der Waals surface area (Å²) in [4.78, 5) is 22.6. The molecule has 2 N–H and O–H groups in total. The van der Waals surface area contributed by atoms with E-state index in [1.165, 1.54) is 0 Å². The van der Waals surface area contributed by atoms with Gasteiger partial charge in [-0.3, -0.25) is 9.79 Å². The number of likely N-dealkylation sites (tertiary alicyclic amines) is 1. The van der Waals surface area contributed by atoms with Crippen molar-refractivity contribution in [2.75, 3.05) is 26.7 Å². The molecule has 7 nitrogen and oxygen atoms in total. The van der Waals surface area contributed by atoms with E-state index in [1.807, 2.05) is 45.1 Å². The molecule has 2 rings (SSSR count). The van der Waals surface area contributed by atoms with E-state index in [0.717, 1.165) is 63.6 Å². The van der Waals surface area contributed by atoms with Gasteiger partial charge in [0.25, 0.3) is 0 Å². The van der Waals surface area contributed by atoms with Crippen molar-refractivity contribution >= 4 is 11.9 Å². The molecule has 146 valence electrons. The second kappa shape index (κ2) is 10.2. The third kappa shape index (κ3) is 6.04. The average molecular weight is 363 g/mol. The quantitative estimate of drug-likeness (QED) is 0.440. The number of aliphatic imine (C=N–C) groups is 1. The number of carbonyl (C=O) groups excluding carboxylic acids is 1. The molecule has 0 aliphatic carbocycles. The van der Waals surface area contributed by atoms with Crippen molar-refractivity contribution in [3.8, 4) is 0 Å². The highest BCUT2D eigenvalue weighted by molar-refractivity contribution is 5.80. The van der Waals surface area contributed by atoms with Crippen LogP contribution in [0.5, 0.6) is 0 Å². The second-order valence-corrected chi connectivity index (χ2v) is 7.27. The van der Waals surface area contributed by atoms with Crippen molar-refractivity contribution in [1.82, 2.24) is 25.1 Å². The number of nitrogens with one attached hydrogen (secondary N) is 2. The summed E-state index contributed by atoms with van der Waals surface area (Å²) < 4.78 is 2.18. The van der Waals surface area contributed by atoms with Gasteiger partial charge in [0.1, 0.15) is 5.82 Å². The van der Waals surface area contributed by atoms with Crippen LogP contribution in [0.4, 0.5) is 0 Å². The lowest BCUT2D eigenvalue weighted by atomic mass is 10.0. The monoisotopic (exact) mass is 362 g/mol. The van der Waals surface area contributed by atoms with Crippen LogP contribution in [0.3, 0.4) is 0 Å². The summed E-state index contributed by atoms with van der Waals surface area (Å²) in [6.07, 6.45) is 8.01. The molecule has 1 fully saturated rings. The minimum Gasteiger partial charge on any atom is -0.356 e. The number of imidazole rings is 1. The van der Waals surface area contributed by atoms with Crippen LogP contribution in [0.1, 0.15) is 45.4 Å². The molecule has 1 aromatic rings. The molecule has 0 aromatic carbocycles. The number of aryl methyl sites for hydroxylation is 2. The summed E-state index contributed by atoms with van der Waals surface area (Å²) in [7, 11) is 1.81. The molecule has 1 aliphatic heterocycles. The predicted molar refractivity (Wildman–Crippen MR) is 105 cm³/mol. The fraction of sp³-hybridized carbons (Fsp3) is 0.737. The summed E-state index contributed by atoms with van der Waals surface area (Å²) in [5.41, 5.74) is 0. The van der Waals surface area contributed by atoms with Gasteiger partial charge in [-0.05, 0) is 32.6 Å². The van der Waals surface area contributed by atoms with E-state index in [9.17, 15) is 4.79 Å². The van der Waals surface area contributed by atoms with Gasteiger partial charge in [0.05, 0.1) is 0 Å². The van der Waals surface area contributed by atoms with Gasteiger partial charge in [0, 0.05) is 57.6 Å². The first kappa shape index (κ1) is 20.3. The first-order valence-electron chi connectivity index (χ1n) is 9.75. The smallest absolute Gasteiger partial charge is 0.225 e. The molecule has 26 heavy (non-hydrogen) atoms. The standard InChI is InChI=1S/C19H34N6O/c1-15(2)18(26)25-12-7-17(8-13-25)23-19(20-4)22-9-5-6-11-24-14-10-21-16(24)3/h10,14-15,17H,5-9,11-13H2,1-4H3,(H2,20,22,23). The van der Waals surface area contributed by atoms with E-state index in [-0.39, 0.29) is 11.8 Å². The molecule has 0 atom stereocenters. The topological polar surface area (TPSA) is 74.6 Å². The molecule has 0 spiro atoms. The van der Waals surface area contributed by atoms with Crippen molar-refractivity contribution in [3.05, 3.63) is 18.2 Å². The maximum atomic E-state index is 12.1. The molecule has 0 radical (unpaired) electrons. The number of carbonyl (C=O) groups is 1. The van der Waals surface area contributed by atoms with Gasteiger partial charge in [-0.15, -0.1) is 0 Å². The van der Waals surface area contributed by atoms with Crippen LogP contribution in [0.25, 0.3) is 0 Å². The van der Waals surface area contributed by atoms with Crippen LogP contribution in [0.15, 0.2) is 17.4 Å². The van der Waals surface area contributed by atoms with Gasteiger partial charge in [-0.2, -0.15) is 0 Å².